The van der Waals surface area contributed by atoms with Gasteiger partial charge >= 0.3 is 0 Å². The molecule has 2 rings (SSSR count). The normalized spacial score (nSPS) is 13.4. The van der Waals surface area contributed by atoms with Crippen LogP contribution in [0.1, 0.15) is 76.2 Å². The molecule has 0 bridgehead atoms. The molecule has 0 saturated carbocycles. The molecular weight excluding hydrogens is 518 g/mol. The number of primary amides is 1. The van der Waals surface area contributed by atoms with Crippen LogP contribution in [0, 0.1) is 0 Å². The Morgan fingerprint density at radius 3 is 2.13 bits per heavy atom. The molecule has 2 aromatic rings. The Morgan fingerprint density at radius 2 is 1.56 bits per heavy atom. The van der Waals surface area contributed by atoms with Gasteiger partial charge in [0.1, 0.15) is 11.9 Å². The average molecular weight is 560 g/mol. The lowest BCUT2D eigenvalue weighted by Crippen LogP contribution is -2.50. The number of amides is 3. The van der Waals surface area contributed by atoms with Crippen LogP contribution in [0.4, 0.5) is 0 Å². The number of nitrogens with zero attached hydrogens (tertiary/aromatic N) is 1. The Morgan fingerprint density at radius 1 is 0.974 bits per heavy atom. The minimum Gasteiger partial charge on any atom is -0.508 e. The van der Waals surface area contributed by atoms with Gasteiger partial charge in [0, 0.05) is 29.8 Å². The van der Waals surface area contributed by atoms with Gasteiger partial charge in [0.15, 0.2) is 0 Å². The fourth-order valence-corrected chi connectivity index (χ4v) is 4.79. The van der Waals surface area contributed by atoms with Gasteiger partial charge in [0.05, 0.1) is 12.1 Å². The van der Waals surface area contributed by atoms with E-state index in [4.69, 9.17) is 5.73 Å². The number of benzene rings is 2. The highest BCUT2D eigenvalue weighted by molar-refractivity contribution is 7.98. The molecule has 0 aliphatic carbocycles. The van der Waals surface area contributed by atoms with Crippen LogP contribution in [0.15, 0.2) is 42.5 Å². The largest absolute Gasteiger partial charge is 0.508 e. The highest BCUT2D eigenvalue weighted by Gasteiger charge is 2.29. The van der Waals surface area contributed by atoms with E-state index in [-0.39, 0.29) is 34.8 Å². The van der Waals surface area contributed by atoms with Crippen molar-refractivity contribution in [2.45, 2.75) is 64.2 Å². The lowest BCUT2D eigenvalue weighted by atomic mass is 9.95. The van der Waals surface area contributed by atoms with Gasteiger partial charge in [0.25, 0.3) is 11.8 Å². The molecule has 0 aliphatic heterocycles. The van der Waals surface area contributed by atoms with E-state index in [1.54, 1.807) is 28.8 Å². The highest BCUT2D eigenvalue weighted by Crippen LogP contribution is 2.18. The second-order valence-electron chi connectivity index (χ2n) is 9.60. The van der Waals surface area contributed by atoms with Crippen LogP contribution in [0.25, 0.3) is 0 Å². The number of carbonyl (C=O) groups is 3. The highest BCUT2D eigenvalue weighted by atomic mass is 32.2. The Labute approximate surface area is 234 Å². The van der Waals surface area contributed by atoms with E-state index in [0.29, 0.717) is 25.9 Å². The van der Waals surface area contributed by atoms with Crippen LogP contribution >= 0.6 is 11.8 Å². The van der Waals surface area contributed by atoms with Gasteiger partial charge in [-0.1, -0.05) is 26.0 Å². The maximum atomic E-state index is 13.4. The number of aromatic hydroxyl groups is 1. The average Bonchev–Trinajstić information content (AvgIpc) is 2.92. The summed E-state index contributed by atoms with van der Waals surface area (Å²) in [5.41, 5.74) is 6.48. The first-order valence-electron chi connectivity index (χ1n) is 13.3. The van der Waals surface area contributed by atoms with Crippen molar-refractivity contribution in [2.24, 2.45) is 5.73 Å². The van der Waals surface area contributed by atoms with Crippen molar-refractivity contribution in [3.05, 3.63) is 64.7 Å². The Bertz CT molecular complexity index is 1090. The zero-order valence-corrected chi connectivity index (χ0v) is 23.7. The van der Waals surface area contributed by atoms with Gasteiger partial charge in [-0.05, 0) is 80.0 Å². The number of aliphatic hydroxyl groups is 2. The first-order chi connectivity index (χ1) is 18.6. The molecule has 0 radical (unpaired) electrons. The lowest BCUT2D eigenvalue weighted by molar-refractivity contribution is -0.00731. The second kappa shape index (κ2) is 16.1. The first-order valence-corrected chi connectivity index (χ1v) is 14.7. The summed E-state index contributed by atoms with van der Waals surface area (Å²) in [6.45, 7) is 4.99. The predicted octanol–water partition coefficient (Wildman–Crippen LogP) is 2.96. The van der Waals surface area contributed by atoms with E-state index in [9.17, 15) is 29.7 Å². The Hall–Kier alpha value is -3.08. The van der Waals surface area contributed by atoms with E-state index in [1.165, 1.54) is 30.3 Å². The molecular formula is C29H41N3O6S. The molecule has 3 atom stereocenters. The molecule has 0 saturated heterocycles. The molecule has 214 valence electrons. The number of nitrogens with one attached hydrogen (secondary N) is 1. The Kier molecular flexibility index (Phi) is 13.3. The molecule has 2 aromatic carbocycles. The quantitative estimate of drug-likeness (QED) is 0.198. The van der Waals surface area contributed by atoms with Crippen molar-refractivity contribution < 1.29 is 29.7 Å². The van der Waals surface area contributed by atoms with Crippen molar-refractivity contribution in [3.8, 4) is 5.75 Å². The molecule has 0 aromatic heterocycles. The number of phenolic OH excluding ortho intramolecular Hbond substituents is 1. The zero-order chi connectivity index (χ0) is 28.9. The number of hydrogen-bond donors (Lipinski definition) is 5. The third-order valence-electron chi connectivity index (χ3n) is 6.36. The molecule has 0 fully saturated rings. The van der Waals surface area contributed by atoms with Crippen molar-refractivity contribution in [1.82, 2.24) is 10.2 Å². The lowest BCUT2D eigenvalue weighted by Gasteiger charge is -2.28. The van der Waals surface area contributed by atoms with Gasteiger partial charge in [-0.25, -0.2) is 0 Å². The monoisotopic (exact) mass is 559 g/mol. The maximum Gasteiger partial charge on any atom is 0.253 e. The minimum absolute atomic E-state index is 0.0201. The molecule has 39 heavy (non-hydrogen) atoms. The third kappa shape index (κ3) is 9.87. The summed E-state index contributed by atoms with van der Waals surface area (Å²) in [4.78, 5) is 40.4. The van der Waals surface area contributed by atoms with Gasteiger partial charge in [-0.3, -0.25) is 14.4 Å². The minimum atomic E-state index is -1.28. The summed E-state index contributed by atoms with van der Waals surface area (Å²) in [7, 11) is 0. The van der Waals surface area contributed by atoms with Crippen LogP contribution in [-0.4, -0.2) is 81.3 Å². The molecule has 9 nitrogen and oxygen atoms in total. The van der Waals surface area contributed by atoms with Gasteiger partial charge < -0.3 is 31.3 Å². The topological polar surface area (TPSA) is 153 Å². The van der Waals surface area contributed by atoms with Gasteiger partial charge in [0.2, 0.25) is 5.91 Å². The van der Waals surface area contributed by atoms with Crippen molar-refractivity contribution in [2.75, 3.05) is 25.1 Å². The Balaban J connectivity index is 2.38. The van der Waals surface area contributed by atoms with E-state index in [1.807, 2.05) is 20.1 Å². The standard InChI is InChI=1S/C29H41N3O6S/c1-4-12-32(13-5-2)29(38)22-17-20(27(30)36)16-21(18-22)28(37)31-24(15-19-8-10-23(33)11-9-19)26(35)25(34)7-6-14-39-3/h8-11,16-18,24-26,33-35H,4-7,12-15H2,1-3H3,(H2,30,36)(H,31,37). The summed E-state index contributed by atoms with van der Waals surface area (Å²) < 4.78 is 0. The van der Waals surface area contributed by atoms with Crippen LogP contribution in [0.3, 0.4) is 0 Å². The van der Waals surface area contributed by atoms with Gasteiger partial charge in [-0.15, -0.1) is 0 Å². The molecule has 0 aliphatic rings. The molecule has 0 spiro atoms. The van der Waals surface area contributed by atoms with E-state index in [2.05, 4.69) is 5.32 Å². The number of aliphatic hydroxyl groups excluding tert-OH is 2. The van der Waals surface area contributed by atoms with Crippen LogP contribution in [0.5, 0.6) is 5.75 Å². The zero-order valence-electron chi connectivity index (χ0n) is 22.9. The summed E-state index contributed by atoms with van der Waals surface area (Å²) in [5.74, 6) is -0.800. The SMILES string of the molecule is CCCN(CCC)C(=O)c1cc(C(N)=O)cc(C(=O)NC(Cc2ccc(O)cc2)C(O)C(O)CCCSC)c1. The number of phenols is 1. The maximum absolute atomic E-state index is 13.4. The van der Waals surface area contributed by atoms with Crippen LogP contribution < -0.4 is 11.1 Å². The summed E-state index contributed by atoms with van der Waals surface area (Å²) in [5, 5.41) is 34.1. The smallest absolute Gasteiger partial charge is 0.253 e. The summed E-state index contributed by atoms with van der Waals surface area (Å²) >= 11 is 1.64. The molecule has 3 amide bonds. The third-order valence-corrected chi connectivity index (χ3v) is 7.06. The van der Waals surface area contributed by atoms with Crippen molar-refractivity contribution in [1.29, 1.82) is 0 Å². The van der Waals surface area contributed by atoms with Gasteiger partial charge in [-0.2, -0.15) is 11.8 Å². The molecule has 0 heterocycles. The van der Waals surface area contributed by atoms with Crippen LogP contribution in [0.2, 0.25) is 0 Å². The van der Waals surface area contributed by atoms with Crippen LogP contribution in [-0.2, 0) is 6.42 Å². The number of carbonyl (C=O) groups excluding carboxylic acids is 3. The second-order valence-corrected chi connectivity index (χ2v) is 10.6. The fraction of sp³-hybridized carbons (Fsp3) is 0.483. The molecule has 10 heteroatoms. The van der Waals surface area contributed by atoms with E-state index >= 15 is 0 Å². The molecule has 3 unspecified atom stereocenters. The number of rotatable bonds is 16. The first kappa shape index (κ1) is 32.1. The molecule has 6 N–H and O–H groups in total. The van der Waals surface area contributed by atoms with Crippen molar-refractivity contribution >= 4 is 29.5 Å². The fourth-order valence-electron chi connectivity index (χ4n) is 4.33. The number of thioether (sulfide) groups is 1. The van der Waals surface area contributed by atoms with E-state index in [0.717, 1.165) is 24.2 Å². The van der Waals surface area contributed by atoms with Crippen molar-refractivity contribution in [3.63, 3.8) is 0 Å². The predicted molar refractivity (Wildman–Crippen MR) is 154 cm³/mol. The summed E-state index contributed by atoms with van der Waals surface area (Å²) in [6, 6.07) is 9.57. The number of nitrogens with two attached hydrogens (primary N) is 1. The number of hydrogen-bond acceptors (Lipinski definition) is 7. The summed E-state index contributed by atoms with van der Waals surface area (Å²) in [6.07, 6.45) is 2.33. The van der Waals surface area contributed by atoms with E-state index < -0.39 is 30.1 Å².